The second-order valence-corrected chi connectivity index (χ2v) is 3.99. The fourth-order valence-corrected chi connectivity index (χ4v) is 1.50. The number of hydrogen-bond acceptors (Lipinski definition) is 4. The van der Waals surface area contributed by atoms with E-state index in [0.717, 1.165) is 11.3 Å². The van der Waals surface area contributed by atoms with Crippen LogP contribution in [0.2, 0.25) is 0 Å². The molecule has 1 aromatic rings. The van der Waals surface area contributed by atoms with Crippen LogP contribution >= 0.6 is 0 Å². The molecule has 0 aliphatic carbocycles. The van der Waals surface area contributed by atoms with Gasteiger partial charge in [-0.3, -0.25) is 4.79 Å². The van der Waals surface area contributed by atoms with E-state index in [1.165, 1.54) is 0 Å². The molecular weight excluding hydrogens is 250 g/mol. The number of aryl methyl sites for hydroxylation is 1. The lowest BCUT2D eigenvalue weighted by atomic mass is 10.1. The third-order valence-electron chi connectivity index (χ3n) is 2.62. The molecule has 6 nitrogen and oxygen atoms in total. The van der Waals surface area contributed by atoms with Crippen molar-refractivity contribution in [2.75, 3.05) is 13.7 Å². The summed E-state index contributed by atoms with van der Waals surface area (Å²) in [6.45, 7) is -0.621. The zero-order valence-corrected chi connectivity index (χ0v) is 10.6. The van der Waals surface area contributed by atoms with Crippen molar-refractivity contribution in [1.29, 1.82) is 0 Å². The zero-order chi connectivity index (χ0) is 14.3. The summed E-state index contributed by atoms with van der Waals surface area (Å²) in [6, 6.07) is 6.02. The van der Waals surface area contributed by atoms with E-state index in [4.69, 9.17) is 14.9 Å². The van der Waals surface area contributed by atoms with Crippen molar-refractivity contribution in [1.82, 2.24) is 5.32 Å². The number of aliphatic carboxylic acids is 1. The minimum absolute atomic E-state index is 0.163. The number of carbonyl (C=O) groups is 2. The van der Waals surface area contributed by atoms with Crippen LogP contribution in [0.3, 0.4) is 0 Å². The fraction of sp³-hybridized carbons (Fsp3) is 0.385. The number of rotatable bonds is 7. The predicted molar refractivity (Wildman–Crippen MR) is 68.0 cm³/mol. The SMILES string of the molecule is COc1ccc(CCC(=O)N[C@H](CO)C(=O)O)cc1. The Morgan fingerprint density at radius 3 is 2.42 bits per heavy atom. The largest absolute Gasteiger partial charge is 0.497 e. The van der Waals surface area contributed by atoms with Crippen LogP contribution in [-0.4, -0.2) is 41.8 Å². The molecule has 0 fully saturated rings. The van der Waals surface area contributed by atoms with E-state index in [9.17, 15) is 9.59 Å². The average Bonchev–Trinajstić information content (AvgIpc) is 2.42. The summed E-state index contributed by atoms with van der Waals surface area (Å²) in [5.41, 5.74) is 0.951. The molecule has 0 aliphatic rings. The zero-order valence-electron chi connectivity index (χ0n) is 10.6. The number of hydrogen-bond donors (Lipinski definition) is 3. The molecule has 0 aliphatic heterocycles. The number of carboxylic acids is 1. The first-order valence-corrected chi connectivity index (χ1v) is 5.82. The minimum Gasteiger partial charge on any atom is -0.497 e. The van der Waals surface area contributed by atoms with Crippen molar-refractivity contribution in [3.63, 3.8) is 0 Å². The van der Waals surface area contributed by atoms with Crippen molar-refractivity contribution in [2.45, 2.75) is 18.9 Å². The Morgan fingerprint density at radius 1 is 1.32 bits per heavy atom. The van der Waals surface area contributed by atoms with E-state index < -0.39 is 24.5 Å². The van der Waals surface area contributed by atoms with Crippen molar-refractivity contribution >= 4 is 11.9 Å². The monoisotopic (exact) mass is 267 g/mol. The molecule has 0 radical (unpaired) electrons. The number of aliphatic hydroxyl groups is 1. The van der Waals surface area contributed by atoms with E-state index in [2.05, 4.69) is 5.32 Å². The summed E-state index contributed by atoms with van der Waals surface area (Å²) in [5, 5.41) is 19.7. The summed E-state index contributed by atoms with van der Waals surface area (Å²) in [6.07, 6.45) is 0.656. The molecule has 0 spiro atoms. The second-order valence-electron chi connectivity index (χ2n) is 3.99. The molecule has 6 heteroatoms. The first-order valence-electron chi connectivity index (χ1n) is 5.82. The Balaban J connectivity index is 2.42. The highest BCUT2D eigenvalue weighted by Crippen LogP contribution is 2.12. The van der Waals surface area contributed by atoms with Crippen molar-refractivity contribution in [2.24, 2.45) is 0 Å². The normalized spacial score (nSPS) is 11.7. The summed E-state index contributed by atoms with van der Waals surface area (Å²) >= 11 is 0. The molecule has 1 aromatic carbocycles. The maximum Gasteiger partial charge on any atom is 0.328 e. The Labute approximate surface area is 111 Å². The maximum absolute atomic E-state index is 11.5. The number of amides is 1. The van der Waals surface area contributed by atoms with E-state index >= 15 is 0 Å². The minimum atomic E-state index is -1.25. The third kappa shape index (κ3) is 4.97. The average molecular weight is 267 g/mol. The molecule has 0 unspecified atom stereocenters. The first kappa shape index (κ1) is 15.0. The predicted octanol–water partition coefficient (Wildman–Crippen LogP) is 0.189. The Morgan fingerprint density at radius 2 is 1.95 bits per heavy atom. The van der Waals surface area contributed by atoms with Crippen LogP contribution in [0.25, 0.3) is 0 Å². The van der Waals surface area contributed by atoms with Gasteiger partial charge in [-0.05, 0) is 24.1 Å². The molecule has 0 saturated carbocycles. The quantitative estimate of drug-likeness (QED) is 0.655. The molecule has 3 N–H and O–H groups in total. The molecule has 104 valence electrons. The lowest BCUT2D eigenvalue weighted by Crippen LogP contribution is -2.43. The van der Waals surface area contributed by atoms with Gasteiger partial charge in [0.1, 0.15) is 11.8 Å². The number of ether oxygens (including phenoxy) is 1. The number of nitrogens with one attached hydrogen (secondary N) is 1. The molecule has 0 aromatic heterocycles. The van der Waals surface area contributed by atoms with Gasteiger partial charge in [-0.2, -0.15) is 0 Å². The van der Waals surface area contributed by atoms with Gasteiger partial charge in [0.2, 0.25) is 5.91 Å². The molecule has 1 atom stereocenters. The highest BCUT2D eigenvalue weighted by Gasteiger charge is 2.18. The summed E-state index contributed by atoms with van der Waals surface area (Å²) in [7, 11) is 1.57. The van der Waals surface area contributed by atoms with Gasteiger partial charge >= 0.3 is 5.97 Å². The molecule has 1 rings (SSSR count). The maximum atomic E-state index is 11.5. The molecular formula is C13H17NO5. The summed E-state index contributed by atoms with van der Waals surface area (Å²) in [5.74, 6) is -0.919. The van der Waals surface area contributed by atoms with Crippen LogP contribution < -0.4 is 10.1 Å². The van der Waals surface area contributed by atoms with Gasteiger partial charge < -0.3 is 20.3 Å². The van der Waals surface area contributed by atoms with E-state index in [1.807, 2.05) is 12.1 Å². The van der Waals surface area contributed by atoms with Gasteiger partial charge in [0.25, 0.3) is 0 Å². The molecule has 0 saturated heterocycles. The van der Waals surface area contributed by atoms with Crippen LogP contribution in [0.4, 0.5) is 0 Å². The number of aliphatic hydroxyl groups excluding tert-OH is 1. The molecule has 19 heavy (non-hydrogen) atoms. The van der Waals surface area contributed by atoms with Gasteiger partial charge in [-0.15, -0.1) is 0 Å². The van der Waals surface area contributed by atoms with Gasteiger partial charge in [0, 0.05) is 6.42 Å². The standard InChI is InChI=1S/C13H17NO5/c1-19-10-5-2-9(3-6-10)4-7-12(16)14-11(8-15)13(17)18/h2-3,5-6,11,15H,4,7-8H2,1H3,(H,14,16)(H,17,18)/t11-/m1/s1. The number of benzene rings is 1. The highest BCUT2D eigenvalue weighted by atomic mass is 16.5. The van der Waals surface area contributed by atoms with Crippen LogP contribution in [-0.2, 0) is 16.0 Å². The number of carboxylic acid groups (broad SMARTS) is 1. The smallest absolute Gasteiger partial charge is 0.328 e. The Kier molecular flexibility index (Phi) is 5.81. The number of methoxy groups -OCH3 is 1. The van der Waals surface area contributed by atoms with Crippen molar-refractivity contribution in [3.05, 3.63) is 29.8 Å². The fourth-order valence-electron chi connectivity index (χ4n) is 1.50. The third-order valence-corrected chi connectivity index (χ3v) is 2.62. The Hall–Kier alpha value is -2.08. The van der Waals surface area contributed by atoms with E-state index in [-0.39, 0.29) is 6.42 Å². The van der Waals surface area contributed by atoms with Crippen LogP contribution in [0, 0.1) is 0 Å². The molecule has 0 heterocycles. The molecule has 0 bridgehead atoms. The topological polar surface area (TPSA) is 95.9 Å². The molecule has 1 amide bonds. The van der Waals surface area contributed by atoms with Crippen LogP contribution in [0.15, 0.2) is 24.3 Å². The van der Waals surface area contributed by atoms with Gasteiger partial charge in [0.05, 0.1) is 13.7 Å². The van der Waals surface area contributed by atoms with Crippen LogP contribution in [0.1, 0.15) is 12.0 Å². The highest BCUT2D eigenvalue weighted by molar-refractivity contribution is 5.83. The second kappa shape index (κ2) is 7.38. The Bertz CT molecular complexity index is 429. The first-order chi connectivity index (χ1) is 9.06. The summed E-state index contributed by atoms with van der Waals surface area (Å²) < 4.78 is 5.02. The lowest BCUT2D eigenvalue weighted by Gasteiger charge is -2.11. The number of carbonyl (C=O) groups excluding carboxylic acids is 1. The van der Waals surface area contributed by atoms with Crippen molar-refractivity contribution in [3.8, 4) is 5.75 Å². The van der Waals surface area contributed by atoms with Gasteiger partial charge in [-0.25, -0.2) is 4.79 Å². The van der Waals surface area contributed by atoms with E-state index in [1.54, 1.807) is 19.2 Å². The van der Waals surface area contributed by atoms with Gasteiger partial charge in [-0.1, -0.05) is 12.1 Å². The van der Waals surface area contributed by atoms with Crippen molar-refractivity contribution < 1.29 is 24.5 Å². The summed E-state index contributed by atoms with van der Waals surface area (Å²) in [4.78, 5) is 22.1. The van der Waals surface area contributed by atoms with Crippen LogP contribution in [0.5, 0.6) is 5.75 Å². The van der Waals surface area contributed by atoms with Gasteiger partial charge in [0.15, 0.2) is 0 Å². The van der Waals surface area contributed by atoms with E-state index in [0.29, 0.717) is 6.42 Å². The lowest BCUT2D eigenvalue weighted by molar-refractivity contribution is -0.142.